The van der Waals surface area contributed by atoms with Crippen molar-refractivity contribution >= 4 is 22.6 Å². The highest BCUT2D eigenvalue weighted by Crippen LogP contribution is 2.31. The third kappa shape index (κ3) is 3.18. The summed E-state index contributed by atoms with van der Waals surface area (Å²) in [7, 11) is 1.53. The Morgan fingerprint density at radius 1 is 1.26 bits per heavy atom. The topological polar surface area (TPSA) is 128 Å². The number of carbonyl (C=O) groups excluding carboxylic acids is 1. The minimum atomic E-state index is -0.978. The van der Waals surface area contributed by atoms with Crippen LogP contribution < -0.4 is 21.1 Å². The second-order valence-electron chi connectivity index (χ2n) is 6.40. The van der Waals surface area contributed by atoms with Crippen molar-refractivity contribution in [1.29, 1.82) is 0 Å². The number of amides is 1. The minimum absolute atomic E-state index is 0.299. The Bertz CT molecular complexity index is 988. The van der Waals surface area contributed by atoms with E-state index < -0.39 is 5.54 Å². The van der Waals surface area contributed by atoms with Crippen molar-refractivity contribution in [3.63, 3.8) is 0 Å². The molecule has 1 amide bonds. The first-order chi connectivity index (χ1) is 13.1. The fraction of sp³-hybridized carbons (Fsp3) is 0.278. The molecule has 3 aromatic rings. The van der Waals surface area contributed by atoms with Crippen LogP contribution in [-0.4, -0.2) is 51.6 Å². The molecule has 1 aliphatic heterocycles. The van der Waals surface area contributed by atoms with Crippen molar-refractivity contribution in [2.24, 2.45) is 5.73 Å². The molecule has 1 fully saturated rings. The van der Waals surface area contributed by atoms with Gasteiger partial charge >= 0.3 is 0 Å². The van der Waals surface area contributed by atoms with Gasteiger partial charge in [0.2, 0.25) is 5.91 Å². The molecule has 4 N–H and O–H groups in total. The first-order valence-electron chi connectivity index (χ1n) is 8.52. The van der Waals surface area contributed by atoms with Crippen LogP contribution in [0.4, 0.5) is 5.82 Å². The second kappa shape index (κ2) is 6.86. The van der Waals surface area contributed by atoms with Gasteiger partial charge in [-0.1, -0.05) is 0 Å². The van der Waals surface area contributed by atoms with E-state index in [1.807, 2.05) is 0 Å². The van der Waals surface area contributed by atoms with Gasteiger partial charge in [0.05, 0.1) is 30.4 Å². The minimum Gasteiger partial charge on any atom is -0.494 e. The van der Waals surface area contributed by atoms with Gasteiger partial charge in [0, 0.05) is 24.5 Å². The van der Waals surface area contributed by atoms with Crippen molar-refractivity contribution < 1.29 is 9.53 Å². The van der Waals surface area contributed by atoms with Gasteiger partial charge in [0.1, 0.15) is 17.1 Å². The van der Waals surface area contributed by atoms with Crippen LogP contribution in [0.3, 0.4) is 0 Å². The standard InChI is InChI=1S/C18H19N7O2/c1-27-13-9-22-8-12-14(13)16(25-17(26)18(19)4-7-21-10-18)24-15(23-12)11-2-5-20-6-3-11/h2-3,5-6,8-9,21H,4,7,10,19H2,1H3,(H,23,24,25,26). The molecule has 4 heterocycles. The van der Waals surface area contributed by atoms with Gasteiger partial charge in [0.25, 0.3) is 0 Å². The van der Waals surface area contributed by atoms with Gasteiger partial charge in [-0.15, -0.1) is 0 Å². The Hall–Kier alpha value is -3.17. The second-order valence-corrected chi connectivity index (χ2v) is 6.40. The third-order valence-electron chi connectivity index (χ3n) is 4.60. The number of carbonyl (C=O) groups is 1. The molecule has 0 saturated carbocycles. The maximum Gasteiger partial charge on any atom is 0.246 e. The molecule has 1 aliphatic rings. The number of hydrogen-bond donors (Lipinski definition) is 3. The Kier molecular flexibility index (Phi) is 4.38. The lowest BCUT2D eigenvalue weighted by atomic mass is 9.99. The monoisotopic (exact) mass is 365 g/mol. The SMILES string of the molecule is COc1cncc2nc(-c3ccncc3)nc(NC(=O)C3(N)CCNC3)c12. The Morgan fingerprint density at radius 2 is 2.07 bits per heavy atom. The number of anilines is 1. The first-order valence-corrected chi connectivity index (χ1v) is 8.52. The highest BCUT2D eigenvalue weighted by atomic mass is 16.5. The van der Waals surface area contributed by atoms with Crippen molar-refractivity contribution in [3.8, 4) is 17.1 Å². The fourth-order valence-electron chi connectivity index (χ4n) is 3.07. The van der Waals surface area contributed by atoms with E-state index in [1.165, 1.54) is 7.11 Å². The van der Waals surface area contributed by atoms with Crippen LogP contribution in [0.1, 0.15) is 6.42 Å². The summed E-state index contributed by atoms with van der Waals surface area (Å²) in [4.78, 5) is 30.1. The number of aromatic nitrogens is 4. The Balaban J connectivity index is 1.84. The van der Waals surface area contributed by atoms with Crippen LogP contribution in [0.2, 0.25) is 0 Å². The largest absolute Gasteiger partial charge is 0.494 e. The molecule has 0 aliphatic carbocycles. The number of methoxy groups -OCH3 is 1. The van der Waals surface area contributed by atoms with Gasteiger partial charge < -0.3 is 21.1 Å². The number of hydrogen-bond acceptors (Lipinski definition) is 8. The highest BCUT2D eigenvalue weighted by molar-refractivity contribution is 6.05. The molecule has 9 nitrogen and oxygen atoms in total. The number of nitrogens with one attached hydrogen (secondary N) is 2. The molecule has 27 heavy (non-hydrogen) atoms. The lowest BCUT2D eigenvalue weighted by Gasteiger charge is -2.22. The first kappa shape index (κ1) is 17.3. The molecule has 3 aromatic heterocycles. The number of pyridine rings is 2. The van der Waals surface area contributed by atoms with E-state index in [4.69, 9.17) is 10.5 Å². The summed E-state index contributed by atoms with van der Waals surface area (Å²) in [5, 5.41) is 6.57. The van der Waals surface area contributed by atoms with E-state index in [1.54, 1.807) is 36.9 Å². The van der Waals surface area contributed by atoms with Gasteiger partial charge in [-0.25, -0.2) is 9.97 Å². The molecule has 1 atom stereocenters. The lowest BCUT2D eigenvalue weighted by Crippen LogP contribution is -2.52. The van der Waals surface area contributed by atoms with Crippen molar-refractivity contribution in [2.45, 2.75) is 12.0 Å². The van der Waals surface area contributed by atoms with Gasteiger partial charge in [-0.05, 0) is 25.1 Å². The zero-order valence-corrected chi connectivity index (χ0v) is 14.8. The lowest BCUT2D eigenvalue weighted by molar-refractivity contribution is -0.120. The third-order valence-corrected chi connectivity index (χ3v) is 4.60. The quantitative estimate of drug-likeness (QED) is 0.617. The van der Waals surface area contributed by atoms with Crippen molar-refractivity contribution in [3.05, 3.63) is 36.9 Å². The smallest absolute Gasteiger partial charge is 0.246 e. The summed E-state index contributed by atoms with van der Waals surface area (Å²) in [6.45, 7) is 1.11. The molecule has 1 unspecified atom stereocenters. The van der Waals surface area contributed by atoms with Crippen LogP contribution in [-0.2, 0) is 4.79 Å². The van der Waals surface area contributed by atoms with E-state index in [0.29, 0.717) is 47.8 Å². The van der Waals surface area contributed by atoms with Crippen molar-refractivity contribution in [2.75, 3.05) is 25.5 Å². The molecular weight excluding hydrogens is 346 g/mol. The normalized spacial score (nSPS) is 19.2. The fourth-order valence-corrected chi connectivity index (χ4v) is 3.07. The number of nitrogens with zero attached hydrogens (tertiary/aromatic N) is 4. The molecule has 0 spiro atoms. The summed E-state index contributed by atoms with van der Waals surface area (Å²) in [6.07, 6.45) is 7.03. The molecule has 0 aromatic carbocycles. The summed E-state index contributed by atoms with van der Waals surface area (Å²) in [5.41, 5.74) is 6.60. The van der Waals surface area contributed by atoms with Gasteiger partial charge in [0.15, 0.2) is 5.82 Å². The van der Waals surface area contributed by atoms with Gasteiger partial charge in [-0.2, -0.15) is 0 Å². The van der Waals surface area contributed by atoms with Crippen LogP contribution in [0.5, 0.6) is 5.75 Å². The molecule has 4 rings (SSSR count). The summed E-state index contributed by atoms with van der Waals surface area (Å²) < 4.78 is 5.40. The maximum atomic E-state index is 12.8. The maximum absolute atomic E-state index is 12.8. The number of ether oxygens (including phenoxy) is 1. The Labute approximate surface area is 155 Å². The molecule has 9 heteroatoms. The van der Waals surface area contributed by atoms with Crippen molar-refractivity contribution in [1.82, 2.24) is 25.3 Å². The average Bonchev–Trinajstić information content (AvgIpc) is 3.16. The number of fused-ring (bicyclic) bond motifs is 1. The summed E-state index contributed by atoms with van der Waals surface area (Å²) in [6, 6.07) is 3.59. The van der Waals surface area contributed by atoms with Crippen LogP contribution in [0.15, 0.2) is 36.9 Å². The van der Waals surface area contributed by atoms with Crippen LogP contribution in [0.25, 0.3) is 22.3 Å². The van der Waals surface area contributed by atoms with Crippen LogP contribution >= 0.6 is 0 Å². The summed E-state index contributed by atoms with van der Waals surface area (Å²) in [5.74, 6) is 0.963. The van der Waals surface area contributed by atoms with E-state index >= 15 is 0 Å². The number of rotatable bonds is 4. The number of nitrogens with two attached hydrogens (primary N) is 1. The zero-order chi connectivity index (χ0) is 18.9. The molecular formula is C18H19N7O2. The summed E-state index contributed by atoms with van der Waals surface area (Å²) >= 11 is 0. The van der Waals surface area contributed by atoms with E-state index in [-0.39, 0.29) is 5.91 Å². The molecule has 0 bridgehead atoms. The Morgan fingerprint density at radius 3 is 2.78 bits per heavy atom. The zero-order valence-electron chi connectivity index (χ0n) is 14.8. The van der Waals surface area contributed by atoms with E-state index in [9.17, 15) is 4.79 Å². The average molecular weight is 365 g/mol. The van der Waals surface area contributed by atoms with E-state index in [2.05, 4.69) is 30.6 Å². The van der Waals surface area contributed by atoms with E-state index in [0.717, 1.165) is 5.56 Å². The molecule has 0 radical (unpaired) electrons. The molecule has 138 valence electrons. The van der Waals surface area contributed by atoms with Gasteiger partial charge in [-0.3, -0.25) is 14.8 Å². The predicted octanol–water partition coefficient (Wildman–Crippen LogP) is 0.725. The molecule has 1 saturated heterocycles. The highest BCUT2D eigenvalue weighted by Gasteiger charge is 2.37. The predicted molar refractivity (Wildman–Crippen MR) is 100 cm³/mol. The van der Waals surface area contributed by atoms with Crippen LogP contribution in [0, 0.1) is 0 Å².